The summed E-state index contributed by atoms with van der Waals surface area (Å²) >= 11 is 0. The fourth-order valence-corrected chi connectivity index (χ4v) is 2.73. The Morgan fingerprint density at radius 3 is 2.93 bits per heavy atom. The Kier molecular flexibility index (Phi) is 2.47. The van der Waals surface area contributed by atoms with E-state index in [0.29, 0.717) is 19.4 Å². The second-order valence-corrected chi connectivity index (χ2v) is 4.43. The van der Waals surface area contributed by atoms with E-state index >= 15 is 0 Å². The molecule has 0 saturated carbocycles. The zero-order valence-corrected chi connectivity index (χ0v) is 8.77. The maximum Gasteiger partial charge on any atom is 0.224 e. The summed E-state index contributed by atoms with van der Waals surface area (Å²) in [5.74, 6) is -0.0424. The summed E-state index contributed by atoms with van der Waals surface area (Å²) in [4.78, 5) is 24.8. The summed E-state index contributed by atoms with van der Waals surface area (Å²) in [6.45, 7) is 2.26. The number of hydrogen-bond acceptors (Lipinski definition) is 3. The number of hydrogen-bond donors (Lipinski definition) is 0. The Balaban J connectivity index is 2.19. The van der Waals surface area contributed by atoms with Gasteiger partial charge in [-0.05, 0) is 19.8 Å². The van der Waals surface area contributed by atoms with Gasteiger partial charge in [0.15, 0.2) is 0 Å². The van der Waals surface area contributed by atoms with Crippen LogP contribution in [0.5, 0.6) is 0 Å². The summed E-state index contributed by atoms with van der Waals surface area (Å²) in [6.07, 6.45) is 1.77. The highest BCUT2D eigenvalue weighted by Crippen LogP contribution is 2.35. The average Bonchev–Trinajstić information content (AvgIpc) is 2.61. The lowest BCUT2D eigenvalue weighted by atomic mass is 9.85. The second-order valence-electron chi connectivity index (χ2n) is 4.43. The monoisotopic (exact) mass is 206 g/mol. The molecule has 2 fully saturated rings. The molecule has 2 aliphatic rings. The largest absolute Gasteiger partial charge is 0.339 e. The highest BCUT2D eigenvalue weighted by molar-refractivity contribution is 5.83. The number of nitrogens with zero attached hydrogens (tertiary/aromatic N) is 2. The minimum absolute atomic E-state index is 0.00611. The van der Waals surface area contributed by atoms with Crippen LogP contribution in [0.3, 0.4) is 0 Å². The van der Waals surface area contributed by atoms with Gasteiger partial charge in [0, 0.05) is 24.9 Å². The van der Waals surface area contributed by atoms with Crippen LogP contribution in [0.4, 0.5) is 0 Å². The number of nitriles is 1. The van der Waals surface area contributed by atoms with E-state index in [4.69, 9.17) is 5.26 Å². The van der Waals surface area contributed by atoms with Crippen LogP contribution in [0, 0.1) is 23.2 Å². The van der Waals surface area contributed by atoms with Gasteiger partial charge in [-0.25, -0.2) is 0 Å². The molecule has 15 heavy (non-hydrogen) atoms. The van der Waals surface area contributed by atoms with Crippen molar-refractivity contribution in [3.63, 3.8) is 0 Å². The normalized spacial score (nSPS) is 34.8. The molecule has 0 spiro atoms. The van der Waals surface area contributed by atoms with E-state index in [-0.39, 0.29) is 29.6 Å². The van der Waals surface area contributed by atoms with Gasteiger partial charge >= 0.3 is 0 Å². The number of carbonyl (C=O) groups is 2. The van der Waals surface area contributed by atoms with Crippen molar-refractivity contribution in [2.45, 2.75) is 32.2 Å². The molecule has 0 aromatic heterocycles. The second kappa shape index (κ2) is 3.65. The predicted molar refractivity (Wildman–Crippen MR) is 52.6 cm³/mol. The number of piperidine rings is 1. The molecule has 0 bridgehead atoms. The van der Waals surface area contributed by atoms with Gasteiger partial charge in [-0.3, -0.25) is 9.59 Å². The third-order valence-electron chi connectivity index (χ3n) is 3.52. The Labute approximate surface area is 88.9 Å². The Bertz CT molecular complexity index is 339. The molecule has 3 unspecified atom stereocenters. The zero-order valence-electron chi connectivity index (χ0n) is 8.77. The lowest BCUT2D eigenvalue weighted by molar-refractivity contribution is -0.136. The van der Waals surface area contributed by atoms with Crippen LogP contribution in [-0.2, 0) is 9.59 Å². The average molecular weight is 206 g/mol. The van der Waals surface area contributed by atoms with Gasteiger partial charge in [-0.1, -0.05) is 0 Å². The first kappa shape index (κ1) is 10.2. The van der Waals surface area contributed by atoms with Gasteiger partial charge in [-0.15, -0.1) is 0 Å². The molecule has 0 radical (unpaired) electrons. The summed E-state index contributed by atoms with van der Waals surface area (Å²) in [6, 6.07) is 2.14. The van der Waals surface area contributed by atoms with E-state index in [1.54, 1.807) is 11.8 Å². The van der Waals surface area contributed by atoms with E-state index in [2.05, 4.69) is 6.07 Å². The van der Waals surface area contributed by atoms with Crippen LogP contribution in [0.25, 0.3) is 0 Å². The summed E-state index contributed by atoms with van der Waals surface area (Å²) in [5, 5.41) is 8.85. The van der Waals surface area contributed by atoms with Crippen LogP contribution >= 0.6 is 0 Å². The fourth-order valence-electron chi connectivity index (χ4n) is 2.73. The SMILES string of the molecule is CC(=O)C1CCN2C(=O)CC(C#N)CC12. The van der Waals surface area contributed by atoms with Crippen molar-refractivity contribution < 1.29 is 9.59 Å². The maximum absolute atomic E-state index is 11.7. The van der Waals surface area contributed by atoms with E-state index in [0.717, 1.165) is 6.42 Å². The van der Waals surface area contributed by atoms with Crippen LogP contribution < -0.4 is 0 Å². The highest BCUT2D eigenvalue weighted by atomic mass is 16.2. The van der Waals surface area contributed by atoms with Gasteiger partial charge < -0.3 is 4.90 Å². The van der Waals surface area contributed by atoms with Crippen molar-refractivity contribution >= 4 is 11.7 Å². The number of Topliss-reactive ketones (excluding diaryl/α,β-unsaturated/α-hetero) is 1. The molecular weight excluding hydrogens is 192 g/mol. The molecule has 2 heterocycles. The molecular formula is C11H14N2O2. The number of amides is 1. The number of fused-ring (bicyclic) bond motifs is 1. The first-order valence-electron chi connectivity index (χ1n) is 5.33. The predicted octanol–water partition coefficient (Wildman–Crippen LogP) is 0.726. The Morgan fingerprint density at radius 2 is 2.33 bits per heavy atom. The molecule has 4 heteroatoms. The lowest BCUT2D eigenvalue weighted by Gasteiger charge is -2.33. The van der Waals surface area contributed by atoms with Gasteiger partial charge in [0.25, 0.3) is 0 Å². The molecule has 3 atom stereocenters. The fraction of sp³-hybridized carbons (Fsp3) is 0.727. The first-order valence-corrected chi connectivity index (χ1v) is 5.33. The van der Waals surface area contributed by atoms with Crippen molar-refractivity contribution in [1.29, 1.82) is 5.26 Å². The van der Waals surface area contributed by atoms with Gasteiger partial charge in [0.05, 0.1) is 12.0 Å². The third kappa shape index (κ3) is 1.63. The quantitative estimate of drug-likeness (QED) is 0.635. The summed E-state index contributed by atoms with van der Waals surface area (Å²) in [5.41, 5.74) is 0. The Morgan fingerprint density at radius 1 is 1.60 bits per heavy atom. The van der Waals surface area contributed by atoms with Gasteiger partial charge in [-0.2, -0.15) is 5.26 Å². The lowest BCUT2D eigenvalue weighted by Crippen LogP contribution is -2.45. The standard InChI is InChI=1S/C11H14N2O2/c1-7(14)9-2-3-13-10(9)4-8(6-12)5-11(13)15/h8-10H,2-5H2,1H3. The summed E-state index contributed by atoms with van der Waals surface area (Å²) in [7, 11) is 0. The molecule has 0 N–H and O–H groups in total. The zero-order chi connectivity index (χ0) is 11.0. The topological polar surface area (TPSA) is 61.2 Å². The van der Waals surface area contributed by atoms with Crippen LogP contribution in [0.15, 0.2) is 0 Å². The Hall–Kier alpha value is -1.37. The number of ketones is 1. The number of rotatable bonds is 1. The maximum atomic E-state index is 11.7. The van der Waals surface area contributed by atoms with Crippen molar-refractivity contribution in [1.82, 2.24) is 4.90 Å². The minimum Gasteiger partial charge on any atom is -0.339 e. The molecule has 0 aliphatic carbocycles. The van der Waals surface area contributed by atoms with Crippen molar-refractivity contribution in [3.8, 4) is 6.07 Å². The van der Waals surface area contributed by atoms with Crippen LogP contribution in [0.2, 0.25) is 0 Å². The smallest absolute Gasteiger partial charge is 0.224 e. The van der Waals surface area contributed by atoms with E-state index in [1.807, 2.05) is 0 Å². The van der Waals surface area contributed by atoms with E-state index in [1.165, 1.54) is 0 Å². The number of carbonyl (C=O) groups excluding carboxylic acids is 2. The molecule has 0 aromatic carbocycles. The first-order chi connectivity index (χ1) is 7.13. The summed E-state index contributed by atoms with van der Waals surface area (Å²) < 4.78 is 0. The highest BCUT2D eigenvalue weighted by Gasteiger charge is 2.44. The minimum atomic E-state index is -0.196. The van der Waals surface area contributed by atoms with Crippen molar-refractivity contribution in [3.05, 3.63) is 0 Å². The molecule has 4 nitrogen and oxygen atoms in total. The third-order valence-corrected chi connectivity index (χ3v) is 3.52. The van der Waals surface area contributed by atoms with Gasteiger partial charge in [0.2, 0.25) is 5.91 Å². The van der Waals surface area contributed by atoms with Crippen molar-refractivity contribution in [2.24, 2.45) is 11.8 Å². The van der Waals surface area contributed by atoms with E-state index in [9.17, 15) is 9.59 Å². The van der Waals surface area contributed by atoms with E-state index < -0.39 is 0 Å². The molecule has 1 amide bonds. The molecule has 0 aromatic rings. The van der Waals surface area contributed by atoms with Gasteiger partial charge in [0.1, 0.15) is 5.78 Å². The molecule has 2 aliphatic heterocycles. The molecule has 2 saturated heterocycles. The molecule has 2 rings (SSSR count). The van der Waals surface area contributed by atoms with Crippen LogP contribution in [-0.4, -0.2) is 29.2 Å². The van der Waals surface area contributed by atoms with Crippen molar-refractivity contribution in [2.75, 3.05) is 6.54 Å². The molecule has 80 valence electrons. The van der Waals surface area contributed by atoms with Crippen LogP contribution in [0.1, 0.15) is 26.2 Å².